The predicted molar refractivity (Wildman–Crippen MR) is 107 cm³/mol. The second-order valence-corrected chi connectivity index (χ2v) is 9.56. The van der Waals surface area contributed by atoms with Gasteiger partial charge in [0.25, 0.3) is 0 Å². The minimum Gasteiger partial charge on any atom is -0.450 e. The molecule has 0 aromatic heterocycles. The van der Waals surface area contributed by atoms with Gasteiger partial charge >= 0.3 is 6.09 Å². The molecule has 0 aromatic carbocycles. The van der Waals surface area contributed by atoms with Crippen LogP contribution in [0, 0.1) is 29.1 Å². The molecule has 5 atom stereocenters. The summed E-state index contributed by atoms with van der Waals surface area (Å²) in [6.07, 6.45) is 3.93. The van der Waals surface area contributed by atoms with Crippen molar-refractivity contribution in [2.24, 2.45) is 29.1 Å². The van der Waals surface area contributed by atoms with Gasteiger partial charge in [-0.15, -0.1) is 0 Å². The summed E-state index contributed by atoms with van der Waals surface area (Å²) in [5.41, 5.74) is 0.0790. The predicted octanol–water partition coefficient (Wildman–Crippen LogP) is 2.57. The number of rotatable bonds is 1. The first-order valence-electron chi connectivity index (χ1n) is 11.0. The van der Waals surface area contributed by atoms with E-state index in [0.29, 0.717) is 38.3 Å². The molecule has 0 unspecified atom stereocenters. The van der Waals surface area contributed by atoms with Crippen LogP contribution < -0.4 is 5.32 Å². The lowest BCUT2D eigenvalue weighted by atomic mass is 9.90. The second kappa shape index (κ2) is 8.84. The normalized spacial score (nSPS) is 36.3. The highest BCUT2D eigenvalue weighted by atomic mass is 16.5. The summed E-state index contributed by atoms with van der Waals surface area (Å²) in [4.78, 5) is 51.3. The standard InChI is InChI=1S/C22H34N2O5/c1-14-7-6-10-29-21(28)23-9-5-4-8-15(13-25)11-17(26)19-18-16(22(18,2)3)12-24(19)20(14)27/h13-16,18-19H,4-12H2,1-3H3,(H,23,28)/t14-,15+,16-,18-,19+/m0/s1. The van der Waals surface area contributed by atoms with Gasteiger partial charge in [0.05, 0.1) is 12.6 Å². The van der Waals surface area contributed by atoms with Gasteiger partial charge in [-0.3, -0.25) is 9.59 Å². The van der Waals surface area contributed by atoms with E-state index >= 15 is 0 Å². The number of fused-ring (bicyclic) bond motifs is 3. The number of piperidine rings is 1. The number of amides is 2. The zero-order valence-electron chi connectivity index (χ0n) is 17.8. The van der Waals surface area contributed by atoms with Gasteiger partial charge in [0, 0.05) is 31.3 Å². The van der Waals surface area contributed by atoms with Gasteiger partial charge in [-0.05, 0) is 42.9 Å². The van der Waals surface area contributed by atoms with Crippen molar-refractivity contribution in [2.75, 3.05) is 19.7 Å². The van der Waals surface area contributed by atoms with Crippen molar-refractivity contribution < 1.29 is 23.9 Å². The molecule has 2 heterocycles. The van der Waals surface area contributed by atoms with E-state index in [0.717, 1.165) is 19.1 Å². The van der Waals surface area contributed by atoms with E-state index in [4.69, 9.17) is 4.74 Å². The van der Waals surface area contributed by atoms with Crippen LogP contribution in [-0.2, 0) is 19.1 Å². The maximum Gasteiger partial charge on any atom is 0.407 e. The minimum absolute atomic E-state index is 0.00257. The quantitative estimate of drug-likeness (QED) is 0.676. The van der Waals surface area contributed by atoms with Crippen molar-refractivity contribution >= 4 is 24.1 Å². The van der Waals surface area contributed by atoms with E-state index in [1.165, 1.54) is 0 Å². The summed E-state index contributed by atoms with van der Waals surface area (Å²) in [7, 11) is 0. The number of ketones is 1. The van der Waals surface area contributed by atoms with Crippen molar-refractivity contribution in [1.29, 1.82) is 0 Å². The summed E-state index contributed by atoms with van der Waals surface area (Å²) in [6, 6.07) is -0.400. The van der Waals surface area contributed by atoms with Crippen LogP contribution in [-0.4, -0.2) is 54.7 Å². The Morgan fingerprint density at radius 1 is 1.14 bits per heavy atom. The van der Waals surface area contributed by atoms with Crippen LogP contribution in [0.25, 0.3) is 0 Å². The number of Topliss-reactive ketones (excluding diaryl/α,β-unsaturated/α-hetero) is 1. The van der Waals surface area contributed by atoms with Crippen molar-refractivity contribution in [3.63, 3.8) is 0 Å². The largest absolute Gasteiger partial charge is 0.450 e. The lowest BCUT2D eigenvalue weighted by molar-refractivity contribution is -0.143. The molecule has 3 rings (SSSR count). The first-order valence-corrected chi connectivity index (χ1v) is 11.0. The average Bonchev–Trinajstić information content (AvgIpc) is 3.04. The lowest BCUT2D eigenvalue weighted by Gasteiger charge is -2.32. The van der Waals surface area contributed by atoms with Gasteiger partial charge in [0.1, 0.15) is 6.29 Å². The maximum absolute atomic E-state index is 13.2. The SMILES string of the molecule is C[C@H]1CCCOC(=O)NCCCC[C@@H](C=O)CC(=O)[C@@H]2[C@@H]3[C@H](CN2C1=O)C3(C)C. The smallest absolute Gasteiger partial charge is 0.407 e. The number of cyclic esters (lactones) is 1. The molecule has 3 fully saturated rings. The Balaban J connectivity index is 1.74. The van der Waals surface area contributed by atoms with Crippen molar-refractivity contribution in [2.45, 2.75) is 65.3 Å². The molecule has 2 amide bonds. The van der Waals surface area contributed by atoms with Crippen molar-refractivity contribution in [1.82, 2.24) is 10.2 Å². The van der Waals surface area contributed by atoms with Crippen LogP contribution in [0.3, 0.4) is 0 Å². The third-order valence-corrected chi connectivity index (χ3v) is 7.18. The molecule has 7 nitrogen and oxygen atoms in total. The number of nitrogens with one attached hydrogen (secondary N) is 1. The van der Waals surface area contributed by atoms with Crippen molar-refractivity contribution in [3.8, 4) is 0 Å². The average molecular weight is 407 g/mol. The lowest BCUT2D eigenvalue weighted by Crippen LogP contribution is -2.47. The van der Waals surface area contributed by atoms with Gasteiger partial charge in [-0.2, -0.15) is 0 Å². The number of carbonyl (C=O) groups excluding carboxylic acids is 4. The topological polar surface area (TPSA) is 92.8 Å². The van der Waals surface area contributed by atoms with E-state index in [1.807, 2.05) is 6.92 Å². The second-order valence-electron chi connectivity index (χ2n) is 9.56. The minimum atomic E-state index is -0.447. The molecule has 1 aliphatic carbocycles. The molecular formula is C22H34N2O5. The number of aldehydes is 1. The number of alkyl carbamates (subject to hydrolysis) is 1. The highest BCUT2D eigenvalue weighted by Gasteiger charge is 2.69. The van der Waals surface area contributed by atoms with Gasteiger partial charge in [-0.25, -0.2) is 4.79 Å². The molecule has 3 aliphatic rings. The van der Waals surface area contributed by atoms with E-state index in [9.17, 15) is 19.2 Å². The van der Waals surface area contributed by atoms with Gasteiger partial charge < -0.3 is 19.7 Å². The monoisotopic (exact) mass is 406 g/mol. The Labute approximate surface area is 172 Å². The summed E-state index contributed by atoms with van der Waals surface area (Å²) in [5.74, 6) is 0.0330. The third-order valence-electron chi connectivity index (χ3n) is 7.18. The highest BCUT2D eigenvalue weighted by Crippen LogP contribution is 2.65. The molecule has 1 saturated carbocycles. The Morgan fingerprint density at radius 3 is 2.62 bits per heavy atom. The van der Waals surface area contributed by atoms with Gasteiger partial charge in [-0.1, -0.05) is 27.2 Å². The number of nitrogens with zero attached hydrogens (tertiary/aromatic N) is 1. The fourth-order valence-electron chi connectivity index (χ4n) is 5.21. The van der Waals surface area contributed by atoms with E-state index in [1.54, 1.807) is 4.90 Å². The van der Waals surface area contributed by atoms with Crippen molar-refractivity contribution in [3.05, 3.63) is 0 Å². The Hall–Kier alpha value is -1.92. The molecule has 29 heavy (non-hydrogen) atoms. The van der Waals surface area contributed by atoms with E-state index < -0.39 is 12.1 Å². The first kappa shape index (κ1) is 21.8. The molecule has 1 N–H and O–H groups in total. The molecule has 0 bridgehead atoms. The van der Waals surface area contributed by atoms with Crippen LogP contribution in [0.2, 0.25) is 0 Å². The van der Waals surface area contributed by atoms with E-state index in [-0.39, 0.29) is 47.9 Å². The summed E-state index contributed by atoms with van der Waals surface area (Å²) < 4.78 is 5.16. The number of carbonyl (C=O) groups is 4. The molecule has 0 spiro atoms. The first-order chi connectivity index (χ1) is 13.8. The fourth-order valence-corrected chi connectivity index (χ4v) is 5.21. The number of hydrogen-bond acceptors (Lipinski definition) is 5. The van der Waals surface area contributed by atoms with Gasteiger partial charge in [0.15, 0.2) is 5.78 Å². The molecule has 2 aliphatic heterocycles. The van der Waals surface area contributed by atoms with Gasteiger partial charge in [0.2, 0.25) is 5.91 Å². The number of ether oxygens (including phenoxy) is 1. The number of hydrogen-bond donors (Lipinski definition) is 1. The molecular weight excluding hydrogens is 372 g/mol. The Kier molecular flexibility index (Phi) is 6.64. The molecule has 2 saturated heterocycles. The zero-order chi connectivity index (χ0) is 21.2. The van der Waals surface area contributed by atoms with Crippen LogP contribution in [0.5, 0.6) is 0 Å². The van der Waals surface area contributed by atoms with Crippen LogP contribution in [0.4, 0.5) is 4.79 Å². The summed E-state index contributed by atoms with van der Waals surface area (Å²) in [6.45, 7) is 7.60. The fraction of sp³-hybridized carbons (Fsp3) is 0.818. The zero-order valence-corrected chi connectivity index (χ0v) is 17.8. The Bertz CT molecular complexity index is 662. The van der Waals surface area contributed by atoms with Crippen LogP contribution in [0.15, 0.2) is 0 Å². The van der Waals surface area contributed by atoms with E-state index in [2.05, 4.69) is 19.2 Å². The maximum atomic E-state index is 13.2. The molecule has 162 valence electrons. The summed E-state index contributed by atoms with van der Waals surface area (Å²) in [5, 5.41) is 2.70. The summed E-state index contributed by atoms with van der Waals surface area (Å²) >= 11 is 0. The van der Waals surface area contributed by atoms with Crippen LogP contribution >= 0.6 is 0 Å². The Morgan fingerprint density at radius 2 is 1.90 bits per heavy atom. The van der Waals surface area contributed by atoms with Crippen LogP contribution in [0.1, 0.15) is 59.3 Å². The molecule has 7 heteroatoms. The highest BCUT2D eigenvalue weighted by molar-refractivity contribution is 5.92. The molecule has 0 radical (unpaired) electrons. The third kappa shape index (κ3) is 4.64. The molecule has 0 aromatic rings.